The van der Waals surface area contributed by atoms with Crippen molar-refractivity contribution < 1.29 is 23.5 Å². The molecule has 7 heteroatoms. The maximum Gasteiger partial charge on any atom is 0.346 e. The Labute approximate surface area is 185 Å². The van der Waals surface area contributed by atoms with Crippen LogP contribution >= 0.6 is 0 Å². The zero-order valence-electron chi connectivity index (χ0n) is 17.2. The maximum atomic E-state index is 13.7. The second-order valence-electron chi connectivity index (χ2n) is 6.62. The van der Waals surface area contributed by atoms with Crippen LogP contribution in [-0.2, 0) is 11.2 Å². The summed E-state index contributed by atoms with van der Waals surface area (Å²) in [6.45, 7) is 3.52. The lowest BCUT2D eigenvalue weighted by molar-refractivity contribution is -0.123. The van der Waals surface area contributed by atoms with E-state index in [1.807, 2.05) is 18.2 Å². The van der Waals surface area contributed by atoms with Gasteiger partial charge in [0.15, 0.2) is 6.61 Å². The van der Waals surface area contributed by atoms with Crippen LogP contribution in [0.5, 0.6) is 11.5 Å². The van der Waals surface area contributed by atoms with Gasteiger partial charge >= 0.3 is 5.97 Å². The number of rotatable bonds is 9. The average molecular weight is 432 g/mol. The van der Waals surface area contributed by atoms with Crippen molar-refractivity contribution in [1.82, 2.24) is 5.43 Å². The molecule has 0 aliphatic carbocycles. The highest BCUT2D eigenvalue weighted by Gasteiger charge is 2.13. The van der Waals surface area contributed by atoms with E-state index in [0.29, 0.717) is 17.7 Å². The third-order valence-electron chi connectivity index (χ3n) is 4.28. The summed E-state index contributed by atoms with van der Waals surface area (Å²) in [5, 5.41) is 3.88. The van der Waals surface area contributed by atoms with Gasteiger partial charge in [-0.2, -0.15) is 5.10 Å². The van der Waals surface area contributed by atoms with Crippen LogP contribution < -0.4 is 14.9 Å². The van der Waals surface area contributed by atoms with Crippen molar-refractivity contribution in [2.24, 2.45) is 5.10 Å². The highest BCUT2D eigenvalue weighted by Crippen LogP contribution is 2.18. The molecular weight excluding hydrogens is 411 g/mol. The lowest BCUT2D eigenvalue weighted by Gasteiger charge is -2.09. The molecule has 0 saturated heterocycles. The lowest BCUT2D eigenvalue weighted by Crippen LogP contribution is -2.24. The van der Waals surface area contributed by atoms with Crippen LogP contribution in [0.4, 0.5) is 4.39 Å². The normalized spacial score (nSPS) is 10.5. The Morgan fingerprint density at radius 2 is 1.72 bits per heavy atom. The highest BCUT2D eigenvalue weighted by atomic mass is 19.1. The zero-order chi connectivity index (χ0) is 22.8. The molecule has 0 atom stereocenters. The van der Waals surface area contributed by atoms with Gasteiger partial charge in [0.2, 0.25) is 0 Å². The molecule has 3 aromatic carbocycles. The summed E-state index contributed by atoms with van der Waals surface area (Å²) in [4.78, 5) is 24.0. The molecule has 0 aliphatic heterocycles. The predicted molar refractivity (Wildman–Crippen MR) is 119 cm³/mol. The average Bonchev–Trinajstić information content (AvgIpc) is 2.80. The molecule has 0 heterocycles. The molecule has 3 rings (SSSR count). The number of nitrogens with one attached hydrogen (secondary N) is 1. The molecular formula is C25H21FN2O4. The summed E-state index contributed by atoms with van der Waals surface area (Å²) in [7, 11) is 0. The van der Waals surface area contributed by atoms with Crippen LogP contribution in [0, 0.1) is 5.82 Å². The second-order valence-corrected chi connectivity index (χ2v) is 6.62. The molecule has 0 spiro atoms. The van der Waals surface area contributed by atoms with E-state index in [-0.39, 0.29) is 17.9 Å². The summed E-state index contributed by atoms with van der Waals surface area (Å²) < 4.78 is 24.4. The van der Waals surface area contributed by atoms with Crippen molar-refractivity contribution in [2.45, 2.75) is 6.42 Å². The number of hydrogen-bond donors (Lipinski definition) is 1. The van der Waals surface area contributed by atoms with Gasteiger partial charge in [0.25, 0.3) is 5.91 Å². The van der Waals surface area contributed by atoms with Gasteiger partial charge in [0.05, 0.1) is 11.8 Å². The molecule has 0 unspecified atom stereocenters. The van der Waals surface area contributed by atoms with E-state index in [9.17, 15) is 14.0 Å². The number of amides is 1. The van der Waals surface area contributed by atoms with E-state index in [2.05, 4.69) is 17.1 Å². The summed E-state index contributed by atoms with van der Waals surface area (Å²) in [5.74, 6) is -0.972. The molecule has 162 valence electrons. The molecule has 0 saturated carbocycles. The fourth-order valence-electron chi connectivity index (χ4n) is 2.73. The third-order valence-corrected chi connectivity index (χ3v) is 4.28. The minimum Gasteiger partial charge on any atom is -0.483 e. The van der Waals surface area contributed by atoms with Gasteiger partial charge in [-0.25, -0.2) is 14.6 Å². The van der Waals surface area contributed by atoms with Crippen LogP contribution in [0.2, 0.25) is 0 Å². The van der Waals surface area contributed by atoms with E-state index >= 15 is 0 Å². The first-order chi connectivity index (χ1) is 15.6. The standard InChI is InChI=1S/C25H21FN2O4/c1-2-7-19-8-3-6-11-23(19)31-17-24(29)28-27-16-18-12-14-20(15-13-18)32-25(30)21-9-4-5-10-22(21)26/h2-6,8-16H,1,7,17H2,(H,28,29)/b27-16+. The largest absolute Gasteiger partial charge is 0.483 e. The first kappa shape index (κ1) is 22.4. The molecule has 3 aromatic rings. The monoisotopic (exact) mass is 432 g/mol. The van der Waals surface area contributed by atoms with Crippen molar-refractivity contribution in [1.29, 1.82) is 0 Å². The number of hydrazone groups is 1. The number of nitrogens with zero attached hydrogens (tertiary/aromatic N) is 1. The van der Waals surface area contributed by atoms with Crippen molar-refractivity contribution in [3.8, 4) is 11.5 Å². The Bertz CT molecular complexity index is 1130. The van der Waals surface area contributed by atoms with Crippen LogP contribution in [0.1, 0.15) is 21.5 Å². The molecule has 32 heavy (non-hydrogen) atoms. The van der Waals surface area contributed by atoms with Gasteiger partial charge in [-0.05, 0) is 60.0 Å². The Morgan fingerprint density at radius 1 is 1.00 bits per heavy atom. The van der Waals surface area contributed by atoms with Crippen LogP contribution in [0.15, 0.2) is 90.6 Å². The van der Waals surface area contributed by atoms with E-state index < -0.39 is 17.7 Å². The van der Waals surface area contributed by atoms with Crippen LogP contribution in [0.25, 0.3) is 0 Å². The number of esters is 1. The number of hydrogen-bond acceptors (Lipinski definition) is 5. The fraction of sp³-hybridized carbons (Fsp3) is 0.0800. The minimum absolute atomic E-state index is 0.143. The van der Waals surface area contributed by atoms with Gasteiger partial charge in [-0.15, -0.1) is 6.58 Å². The SMILES string of the molecule is C=CCc1ccccc1OCC(=O)N/N=C/c1ccc(OC(=O)c2ccccc2F)cc1. The summed E-state index contributed by atoms with van der Waals surface area (Å²) >= 11 is 0. The smallest absolute Gasteiger partial charge is 0.346 e. The first-order valence-corrected chi connectivity index (χ1v) is 9.77. The molecule has 0 radical (unpaired) electrons. The van der Waals surface area contributed by atoms with Crippen molar-refractivity contribution in [3.05, 3.63) is 108 Å². The molecule has 6 nitrogen and oxygen atoms in total. The highest BCUT2D eigenvalue weighted by molar-refractivity contribution is 5.91. The van der Waals surface area contributed by atoms with Gasteiger partial charge < -0.3 is 9.47 Å². The van der Waals surface area contributed by atoms with E-state index in [0.717, 1.165) is 5.56 Å². The number of carbonyl (C=O) groups is 2. The molecule has 0 bridgehead atoms. The number of para-hydroxylation sites is 1. The Morgan fingerprint density at radius 3 is 2.47 bits per heavy atom. The second kappa shape index (κ2) is 11.2. The molecule has 0 fully saturated rings. The first-order valence-electron chi connectivity index (χ1n) is 9.77. The Kier molecular flexibility index (Phi) is 7.86. The van der Waals surface area contributed by atoms with Crippen LogP contribution in [-0.4, -0.2) is 24.7 Å². The Hall–Kier alpha value is -4.26. The fourth-order valence-corrected chi connectivity index (χ4v) is 2.73. The van der Waals surface area contributed by atoms with E-state index in [1.165, 1.54) is 24.4 Å². The van der Waals surface area contributed by atoms with E-state index in [4.69, 9.17) is 9.47 Å². The number of ether oxygens (including phenoxy) is 2. The van der Waals surface area contributed by atoms with Gasteiger partial charge in [-0.3, -0.25) is 4.79 Å². The molecule has 1 N–H and O–H groups in total. The van der Waals surface area contributed by atoms with E-state index in [1.54, 1.807) is 42.5 Å². The maximum absolute atomic E-state index is 13.7. The van der Waals surface area contributed by atoms with Crippen LogP contribution in [0.3, 0.4) is 0 Å². The van der Waals surface area contributed by atoms with Gasteiger partial charge in [-0.1, -0.05) is 36.4 Å². The number of carbonyl (C=O) groups excluding carboxylic acids is 2. The third kappa shape index (κ3) is 6.37. The summed E-state index contributed by atoms with van der Waals surface area (Å²) in [6, 6.07) is 19.4. The van der Waals surface area contributed by atoms with Gasteiger partial charge in [0, 0.05) is 0 Å². The van der Waals surface area contributed by atoms with Crippen molar-refractivity contribution in [3.63, 3.8) is 0 Å². The summed E-state index contributed by atoms with van der Waals surface area (Å²) in [5.41, 5.74) is 3.84. The quantitative estimate of drug-likeness (QED) is 0.180. The molecule has 0 aromatic heterocycles. The Balaban J connectivity index is 1.48. The topological polar surface area (TPSA) is 77.0 Å². The zero-order valence-corrected chi connectivity index (χ0v) is 17.2. The van der Waals surface area contributed by atoms with Gasteiger partial charge in [0.1, 0.15) is 17.3 Å². The van der Waals surface area contributed by atoms with Crippen molar-refractivity contribution in [2.75, 3.05) is 6.61 Å². The number of benzene rings is 3. The van der Waals surface area contributed by atoms with Crippen molar-refractivity contribution >= 4 is 18.1 Å². The summed E-state index contributed by atoms with van der Waals surface area (Å²) in [6.07, 6.45) is 3.84. The molecule has 0 aliphatic rings. The number of allylic oxidation sites excluding steroid dienone is 1. The lowest BCUT2D eigenvalue weighted by atomic mass is 10.1. The number of halogens is 1. The predicted octanol–water partition coefficient (Wildman–Crippen LogP) is 4.30. The minimum atomic E-state index is -0.786. The molecule has 1 amide bonds.